The Bertz CT molecular complexity index is 2220. The number of ether oxygens (including phenoxy) is 5. The minimum atomic E-state index is -1.49. The lowest BCUT2D eigenvalue weighted by molar-refractivity contribution is -0.384. The van der Waals surface area contributed by atoms with E-state index in [-0.39, 0.29) is 68.3 Å². The molecule has 66 heavy (non-hydrogen) atoms. The minimum absolute atomic E-state index is 0.0178. The lowest BCUT2D eigenvalue weighted by Crippen LogP contribution is -2.70. The first kappa shape index (κ1) is 49.7. The number of unbranched alkanes of at least 4 members (excludes halogenated alkanes) is 2. The van der Waals surface area contributed by atoms with Crippen LogP contribution in [0, 0.1) is 33.3 Å². The normalized spacial score (nSPS) is 22.5. The number of carbonyl (C=O) groups is 2. The fourth-order valence-electron chi connectivity index (χ4n) is 9.59. The van der Waals surface area contributed by atoms with Crippen molar-refractivity contribution in [2.75, 3.05) is 40.1 Å². The Morgan fingerprint density at radius 1 is 1.03 bits per heavy atom. The maximum absolute atomic E-state index is 14.5. The number of fused-ring (bicyclic) bond motifs is 2. The Kier molecular flexibility index (Phi) is 17.0. The van der Waals surface area contributed by atoms with Crippen molar-refractivity contribution in [3.63, 3.8) is 0 Å². The molecular weight excluding hydrogens is 847 g/mol. The van der Waals surface area contributed by atoms with Crippen LogP contribution in [0.3, 0.4) is 0 Å². The minimum Gasteiger partial charge on any atom is -0.496 e. The zero-order chi connectivity index (χ0) is 47.4. The molecular formula is C51H65N3O12. The van der Waals surface area contributed by atoms with Crippen LogP contribution in [0.1, 0.15) is 106 Å². The molecule has 15 heteroatoms. The predicted molar refractivity (Wildman–Crippen MR) is 249 cm³/mol. The molecule has 0 radical (unpaired) electrons. The summed E-state index contributed by atoms with van der Waals surface area (Å²) in [4.78, 5) is 45.3. The Labute approximate surface area is 387 Å². The van der Waals surface area contributed by atoms with E-state index in [0.29, 0.717) is 71.9 Å². The van der Waals surface area contributed by atoms with Gasteiger partial charge in [-0.25, -0.2) is 4.79 Å². The third kappa shape index (κ3) is 11.4. The first-order valence-corrected chi connectivity index (χ1v) is 23.0. The summed E-state index contributed by atoms with van der Waals surface area (Å²) < 4.78 is 32.3. The number of aliphatic hydroxyl groups excluding tert-OH is 2. The average molecular weight is 912 g/mol. The number of benzene rings is 3. The zero-order valence-corrected chi connectivity index (χ0v) is 38.8. The van der Waals surface area contributed by atoms with Gasteiger partial charge in [-0.05, 0) is 109 Å². The van der Waals surface area contributed by atoms with Crippen molar-refractivity contribution in [1.82, 2.24) is 4.90 Å². The fraction of sp³-hybridized carbons (Fsp3) is 0.510. The summed E-state index contributed by atoms with van der Waals surface area (Å²) in [7, 11) is 1.50. The van der Waals surface area contributed by atoms with Crippen LogP contribution in [0.25, 0.3) is 0 Å². The predicted octanol–water partition coefficient (Wildman–Crippen LogP) is 9.94. The van der Waals surface area contributed by atoms with Crippen LogP contribution in [0.2, 0.25) is 0 Å². The Morgan fingerprint density at radius 2 is 1.74 bits per heavy atom. The summed E-state index contributed by atoms with van der Waals surface area (Å²) in [5.41, 5.74) is 2.97. The van der Waals surface area contributed by atoms with Crippen LogP contribution < -0.4 is 14.2 Å². The summed E-state index contributed by atoms with van der Waals surface area (Å²) in [5, 5.41) is 36.2. The summed E-state index contributed by atoms with van der Waals surface area (Å²) in [6.07, 6.45) is 9.11. The van der Waals surface area contributed by atoms with Crippen LogP contribution >= 0.6 is 0 Å². The average Bonchev–Trinajstić information content (AvgIpc) is 3.30. The molecule has 356 valence electrons. The van der Waals surface area contributed by atoms with Gasteiger partial charge in [-0.2, -0.15) is 0 Å². The van der Waals surface area contributed by atoms with E-state index in [9.17, 15) is 29.9 Å². The molecule has 0 saturated heterocycles. The lowest BCUT2D eigenvalue weighted by Gasteiger charge is -2.60. The highest BCUT2D eigenvalue weighted by atomic mass is 16.7. The van der Waals surface area contributed by atoms with E-state index in [2.05, 4.69) is 12.7 Å². The molecule has 15 nitrogen and oxygen atoms in total. The molecule has 3 aromatic carbocycles. The van der Waals surface area contributed by atoms with Crippen molar-refractivity contribution < 1.29 is 53.2 Å². The number of methoxy groups -OCH3 is 1. The number of nitrogens with zero attached hydrogens (tertiary/aromatic N) is 3. The number of rotatable bonds is 23. The van der Waals surface area contributed by atoms with E-state index < -0.39 is 28.8 Å². The first-order valence-electron chi connectivity index (χ1n) is 23.0. The van der Waals surface area contributed by atoms with Crippen LogP contribution in [0.5, 0.6) is 23.0 Å². The SMILES string of the molecule is C=CCOC12Oc3ccc(Oc4ccc(OC)c(C=O)c4)cc3C3C(CCCCO)C(CCCCO)C=C(C(=NOCc4ccc([N+](=O)[O-])cc4)CC1N(CCC)C(=O)OCC(C)(C)C)C32. The van der Waals surface area contributed by atoms with E-state index in [1.807, 2.05) is 45.9 Å². The van der Waals surface area contributed by atoms with Gasteiger partial charge in [0.15, 0.2) is 6.29 Å². The van der Waals surface area contributed by atoms with Gasteiger partial charge in [-0.3, -0.25) is 19.8 Å². The third-order valence-corrected chi connectivity index (χ3v) is 12.5. The molecule has 1 aliphatic heterocycles. The summed E-state index contributed by atoms with van der Waals surface area (Å²) in [5.74, 6) is -0.528. The number of aldehydes is 1. The molecule has 3 aliphatic rings. The number of aliphatic hydroxyl groups is 2. The molecule has 0 spiro atoms. The number of oxime groups is 1. The van der Waals surface area contributed by atoms with Crippen molar-refractivity contribution in [3.05, 3.63) is 112 Å². The van der Waals surface area contributed by atoms with Crippen LogP contribution in [0.15, 0.2) is 90.1 Å². The number of hydrogen-bond donors (Lipinski definition) is 2. The number of allylic oxidation sites excluding steroid dienone is 1. The number of nitro groups is 1. The van der Waals surface area contributed by atoms with Crippen molar-refractivity contribution >= 4 is 23.8 Å². The number of carbonyl (C=O) groups excluding carboxylic acids is 2. The topological polar surface area (TPSA) is 189 Å². The van der Waals surface area contributed by atoms with E-state index in [4.69, 9.17) is 33.7 Å². The molecule has 2 aliphatic carbocycles. The highest BCUT2D eigenvalue weighted by molar-refractivity contribution is 6.03. The maximum atomic E-state index is 14.5. The first-order chi connectivity index (χ1) is 31.8. The van der Waals surface area contributed by atoms with Crippen molar-refractivity contribution in [2.45, 2.75) is 103 Å². The fourth-order valence-corrected chi connectivity index (χ4v) is 9.59. The summed E-state index contributed by atoms with van der Waals surface area (Å²) in [6.45, 7) is 12.7. The van der Waals surface area contributed by atoms with E-state index in [1.165, 1.54) is 19.2 Å². The molecule has 2 N–H and O–H groups in total. The Balaban J connectivity index is 1.57. The molecule has 1 fully saturated rings. The highest BCUT2D eigenvalue weighted by Crippen LogP contribution is 2.62. The van der Waals surface area contributed by atoms with Gasteiger partial charge in [0.05, 0.1) is 42.4 Å². The number of nitro benzene ring substituents is 1. The van der Waals surface area contributed by atoms with E-state index in [0.717, 1.165) is 36.8 Å². The second kappa shape index (κ2) is 22.6. The van der Waals surface area contributed by atoms with Crippen molar-refractivity contribution in [1.29, 1.82) is 0 Å². The standard InChI is InChI=1S/C51H65N3O12/c1-7-23-53(49(58)62-33-50(3,4)5)46-30-43(52-64-32-34-15-17-37(18-16-34)54(59)60)41-28-35(13-9-11-24-55)40(14-10-12-25-56)47-42-29-39(65-38-19-21-44(61-6)36(27-38)31-57)20-22-45(42)66-51(46,48(41)47)63-26-8-2/h8,15-22,27-29,31,35,40,46-48,55-56H,2,7,9-14,23-26,30,32-33H2,1,3-6H3. The van der Waals surface area contributed by atoms with Crippen LogP contribution in [-0.4, -0.2) is 90.0 Å². The van der Waals surface area contributed by atoms with E-state index in [1.54, 1.807) is 41.3 Å². The van der Waals surface area contributed by atoms with Crippen LogP contribution in [-0.2, 0) is 20.9 Å². The molecule has 1 amide bonds. The summed E-state index contributed by atoms with van der Waals surface area (Å²) >= 11 is 0. The molecule has 1 heterocycles. The molecule has 1 saturated carbocycles. The smallest absolute Gasteiger partial charge is 0.410 e. The van der Waals surface area contributed by atoms with E-state index >= 15 is 0 Å². The van der Waals surface area contributed by atoms with Crippen molar-refractivity contribution in [3.8, 4) is 23.0 Å². The van der Waals surface area contributed by atoms with Gasteiger partial charge in [0.2, 0.25) is 5.79 Å². The van der Waals surface area contributed by atoms with Gasteiger partial charge in [-0.1, -0.05) is 57.8 Å². The molecule has 6 unspecified atom stereocenters. The van der Waals surface area contributed by atoms with Gasteiger partial charge in [0, 0.05) is 49.8 Å². The van der Waals surface area contributed by atoms with Gasteiger partial charge in [-0.15, -0.1) is 6.58 Å². The Morgan fingerprint density at radius 3 is 2.39 bits per heavy atom. The largest absolute Gasteiger partial charge is 0.496 e. The van der Waals surface area contributed by atoms with Gasteiger partial charge in [0.25, 0.3) is 5.69 Å². The molecule has 6 atom stereocenters. The Hall–Kier alpha value is -5.77. The second-order valence-corrected chi connectivity index (χ2v) is 18.4. The highest BCUT2D eigenvalue weighted by Gasteiger charge is 2.65. The van der Waals surface area contributed by atoms with Crippen molar-refractivity contribution in [2.24, 2.45) is 28.3 Å². The molecule has 3 aromatic rings. The third-order valence-electron chi connectivity index (χ3n) is 12.5. The maximum Gasteiger partial charge on any atom is 0.410 e. The lowest BCUT2D eigenvalue weighted by atomic mass is 9.55. The molecule has 0 bridgehead atoms. The number of non-ortho nitro benzene ring substituents is 1. The van der Waals surface area contributed by atoms with Gasteiger partial charge < -0.3 is 38.7 Å². The number of hydrogen-bond acceptors (Lipinski definition) is 13. The molecule has 0 aromatic heterocycles. The van der Waals surface area contributed by atoms with Gasteiger partial charge >= 0.3 is 6.09 Å². The second-order valence-electron chi connectivity index (χ2n) is 18.4. The van der Waals surface area contributed by atoms with Gasteiger partial charge in [0.1, 0.15) is 35.6 Å². The summed E-state index contributed by atoms with van der Waals surface area (Å²) in [6, 6.07) is 16.0. The number of amides is 1. The molecule has 6 rings (SSSR count). The quantitative estimate of drug-likeness (QED) is 0.0302. The monoisotopic (exact) mass is 911 g/mol. The van der Waals surface area contributed by atoms with Crippen LogP contribution in [0.4, 0.5) is 10.5 Å². The zero-order valence-electron chi connectivity index (χ0n) is 38.8.